The Labute approximate surface area is 144 Å². The molecule has 0 radical (unpaired) electrons. The highest BCUT2D eigenvalue weighted by atomic mass is 16.6. The maximum absolute atomic E-state index is 12.5. The van der Waals surface area contributed by atoms with Gasteiger partial charge in [0.25, 0.3) is 0 Å². The Morgan fingerprint density at radius 1 is 1.17 bits per heavy atom. The number of ether oxygens (including phenoxy) is 2. The van der Waals surface area contributed by atoms with E-state index >= 15 is 0 Å². The van der Waals surface area contributed by atoms with Crippen LogP contribution in [0.15, 0.2) is 11.1 Å². The van der Waals surface area contributed by atoms with Crippen molar-refractivity contribution in [3.8, 4) is 0 Å². The lowest BCUT2D eigenvalue weighted by molar-refractivity contribution is -0.156. The van der Waals surface area contributed by atoms with Crippen LogP contribution in [0.5, 0.6) is 0 Å². The molecule has 134 valence electrons. The van der Waals surface area contributed by atoms with Crippen LogP contribution in [0.3, 0.4) is 0 Å². The topological polar surface area (TPSA) is 55.8 Å². The largest absolute Gasteiger partial charge is 0.462 e. The van der Waals surface area contributed by atoms with Gasteiger partial charge in [-0.15, -0.1) is 0 Å². The SMILES string of the molecule is CC1(C)CCC[C@@]2(C)[C@@H]3CCC4=C(C(=O)OCC4)[C@H]3O[C@H](O)C[C@H]12. The van der Waals surface area contributed by atoms with Crippen LogP contribution in [0.4, 0.5) is 0 Å². The molecule has 0 aromatic heterocycles. The van der Waals surface area contributed by atoms with Crippen molar-refractivity contribution in [2.45, 2.75) is 78.1 Å². The number of cyclic esters (lactones) is 1. The van der Waals surface area contributed by atoms with Crippen LogP contribution in [0.25, 0.3) is 0 Å². The van der Waals surface area contributed by atoms with Gasteiger partial charge in [-0.3, -0.25) is 0 Å². The van der Waals surface area contributed by atoms with Gasteiger partial charge in [-0.2, -0.15) is 0 Å². The van der Waals surface area contributed by atoms with E-state index in [1.54, 1.807) is 0 Å². The number of hydrogen-bond donors (Lipinski definition) is 1. The summed E-state index contributed by atoms with van der Waals surface area (Å²) in [5.74, 6) is 0.504. The van der Waals surface area contributed by atoms with Crippen molar-refractivity contribution in [3.05, 3.63) is 11.1 Å². The van der Waals surface area contributed by atoms with Gasteiger partial charge in [0.2, 0.25) is 0 Å². The van der Waals surface area contributed by atoms with Gasteiger partial charge >= 0.3 is 5.97 Å². The lowest BCUT2D eigenvalue weighted by atomic mass is 9.49. The predicted octanol–water partition coefficient (Wildman–Crippen LogP) is 3.58. The van der Waals surface area contributed by atoms with Crippen LogP contribution in [-0.2, 0) is 14.3 Å². The van der Waals surface area contributed by atoms with Crippen molar-refractivity contribution < 1.29 is 19.4 Å². The number of aliphatic hydroxyl groups is 1. The standard InChI is InChI=1S/C20H30O4/c1-19(2)8-4-9-20(3)13-6-5-12-7-10-23-18(22)16(12)17(13)24-15(21)11-14(19)20/h13-15,17,21H,4-11H2,1-3H3/t13-,14-,15+,17+,20+/m1/s1. The third-order valence-electron chi connectivity index (χ3n) is 7.51. The van der Waals surface area contributed by atoms with Crippen LogP contribution < -0.4 is 0 Å². The van der Waals surface area contributed by atoms with E-state index in [0.717, 1.165) is 31.3 Å². The van der Waals surface area contributed by atoms with E-state index < -0.39 is 6.29 Å². The molecule has 0 aromatic carbocycles. The molecule has 4 heteroatoms. The molecule has 4 aliphatic rings. The number of rotatable bonds is 0. The minimum atomic E-state index is -0.789. The van der Waals surface area contributed by atoms with Crippen molar-refractivity contribution in [3.63, 3.8) is 0 Å². The van der Waals surface area contributed by atoms with Crippen molar-refractivity contribution >= 4 is 5.97 Å². The van der Waals surface area contributed by atoms with Gasteiger partial charge in [-0.25, -0.2) is 4.79 Å². The van der Waals surface area contributed by atoms with Crippen molar-refractivity contribution in [1.29, 1.82) is 0 Å². The van der Waals surface area contributed by atoms with Crippen LogP contribution in [0, 0.1) is 22.7 Å². The van der Waals surface area contributed by atoms with Gasteiger partial charge in [0, 0.05) is 12.8 Å². The van der Waals surface area contributed by atoms with E-state index in [9.17, 15) is 9.90 Å². The Balaban J connectivity index is 1.78. The number of carbonyl (C=O) groups is 1. The molecule has 2 fully saturated rings. The fraction of sp³-hybridized carbons (Fsp3) is 0.850. The molecular weight excluding hydrogens is 304 g/mol. The monoisotopic (exact) mass is 334 g/mol. The Hall–Kier alpha value is -0.870. The Morgan fingerprint density at radius 3 is 2.75 bits per heavy atom. The Bertz CT molecular complexity index is 578. The van der Waals surface area contributed by atoms with Crippen LogP contribution in [0.2, 0.25) is 0 Å². The summed E-state index contributed by atoms with van der Waals surface area (Å²) >= 11 is 0. The molecule has 0 spiro atoms. The van der Waals surface area contributed by atoms with E-state index in [1.807, 2.05) is 0 Å². The second kappa shape index (κ2) is 5.57. The van der Waals surface area contributed by atoms with Gasteiger partial charge in [-0.05, 0) is 48.3 Å². The molecule has 5 atom stereocenters. The fourth-order valence-corrected chi connectivity index (χ4v) is 6.35. The van der Waals surface area contributed by atoms with E-state index in [-0.39, 0.29) is 22.9 Å². The van der Waals surface area contributed by atoms with Gasteiger partial charge in [0.15, 0.2) is 6.29 Å². The number of fused-ring (bicyclic) bond motifs is 4. The van der Waals surface area contributed by atoms with Crippen molar-refractivity contribution in [1.82, 2.24) is 0 Å². The highest BCUT2D eigenvalue weighted by molar-refractivity contribution is 5.91. The van der Waals surface area contributed by atoms with Crippen LogP contribution >= 0.6 is 0 Å². The molecule has 4 nitrogen and oxygen atoms in total. The molecule has 0 amide bonds. The number of aliphatic hydroxyl groups excluding tert-OH is 1. The Morgan fingerprint density at radius 2 is 1.96 bits per heavy atom. The summed E-state index contributed by atoms with van der Waals surface area (Å²) in [6.07, 6.45) is 6.05. The normalized spacial score (nSPS) is 44.8. The molecule has 2 heterocycles. The number of esters is 1. The zero-order chi connectivity index (χ0) is 17.1. The average Bonchev–Trinajstić information content (AvgIpc) is 2.62. The molecule has 0 aromatic rings. The van der Waals surface area contributed by atoms with E-state index in [1.165, 1.54) is 18.4 Å². The number of carbonyl (C=O) groups excluding carboxylic acids is 1. The van der Waals surface area contributed by atoms with Gasteiger partial charge in [0.05, 0.1) is 18.3 Å². The molecule has 1 saturated heterocycles. The average molecular weight is 334 g/mol. The first kappa shape index (κ1) is 16.6. The summed E-state index contributed by atoms with van der Waals surface area (Å²) < 4.78 is 11.4. The predicted molar refractivity (Wildman–Crippen MR) is 90.1 cm³/mol. The third kappa shape index (κ3) is 2.37. The first-order valence-electron chi connectivity index (χ1n) is 9.55. The van der Waals surface area contributed by atoms with Crippen molar-refractivity contribution in [2.75, 3.05) is 6.61 Å². The molecular formula is C20H30O4. The van der Waals surface area contributed by atoms with Gasteiger partial charge in [-0.1, -0.05) is 32.8 Å². The van der Waals surface area contributed by atoms with Crippen molar-refractivity contribution in [2.24, 2.45) is 22.7 Å². The zero-order valence-electron chi connectivity index (χ0n) is 15.1. The van der Waals surface area contributed by atoms with Crippen LogP contribution in [0.1, 0.15) is 65.7 Å². The highest BCUT2D eigenvalue weighted by Crippen LogP contribution is 2.61. The molecule has 1 N–H and O–H groups in total. The van der Waals surface area contributed by atoms with E-state index in [2.05, 4.69) is 20.8 Å². The van der Waals surface area contributed by atoms with Gasteiger partial charge in [0.1, 0.15) is 0 Å². The maximum atomic E-state index is 12.5. The Kier molecular flexibility index (Phi) is 3.85. The second-order valence-corrected chi connectivity index (χ2v) is 9.20. The highest BCUT2D eigenvalue weighted by Gasteiger charge is 2.57. The van der Waals surface area contributed by atoms with E-state index in [0.29, 0.717) is 24.9 Å². The van der Waals surface area contributed by atoms with E-state index in [4.69, 9.17) is 9.47 Å². The summed E-state index contributed by atoms with van der Waals surface area (Å²) in [4.78, 5) is 12.5. The second-order valence-electron chi connectivity index (χ2n) is 9.20. The fourth-order valence-electron chi connectivity index (χ4n) is 6.35. The molecule has 2 aliphatic carbocycles. The molecule has 0 bridgehead atoms. The summed E-state index contributed by atoms with van der Waals surface area (Å²) in [6, 6.07) is 0. The minimum Gasteiger partial charge on any atom is -0.462 e. The van der Waals surface area contributed by atoms with Crippen LogP contribution in [-0.4, -0.2) is 30.1 Å². The third-order valence-corrected chi connectivity index (χ3v) is 7.51. The summed E-state index contributed by atoms with van der Waals surface area (Å²) in [7, 11) is 0. The lowest BCUT2D eigenvalue weighted by Crippen LogP contribution is -2.50. The van der Waals surface area contributed by atoms with Gasteiger partial charge < -0.3 is 14.6 Å². The lowest BCUT2D eigenvalue weighted by Gasteiger charge is -2.55. The summed E-state index contributed by atoms with van der Waals surface area (Å²) in [6.45, 7) is 7.55. The number of hydrogen-bond acceptors (Lipinski definition) is 4. The smallest absolute Gasteiger partial charge is 0.336 e. The molecule has 24 heavy (non-hydrogen) atoms. The molecule has 2 aliphatic heterocycles. The minimum absolute atomic E-state index is 0.111. The molecule has 1 saturated carbocycles. The first-order chi connectivity index (χ1) is 11.3. The quantitative estimate of drug-likeness (QED) is 0.688. The zero-order valence-corrected chi connectivity index (χ0v) is 15.1. The maximum Gasteiger partial charge on any atom is 0.336 e. The summed E-state index contributed by atoms with van der Waals surface area (Å²) in [5.41, 5.74) is 2.26. The molecule has 4 rings (SSSR count). The summed E-state index contributed by atoms with van der Waals surface area (Å²) in [5, 5.41) is 10.6. The first-order valence-corrected chi connectivity index (χ1v) is 9.55. The molecule has 0 unspecified atom stereocenters.